The fourth-order valence-corrected chi connectivity index (χ4v) is 1.63. The minimum absolute atomic E-state index is 0.170. The molecule has 0 amide bonds. The van der Waals surface area contributed by atoms with Gasteiger partial charge >= 0.3 is 0 Å². The number of Topliss-reactive ketones (excluding diaryl/α,β-unsaturated/α-hetero) is 1. The van der Waals surface area contributed by atoms with Gasteiger partial charge in [-0.05, 0) is 21.0 Å². The van der Waals surface area contributed by atoms with Gasteiger partial charge in [-0.15, -0.1) is 0 Å². The summed E-state index contributed by atoms with van der Waals surface area (Å²) in [6.45, 7) is 2.09. The average Bonchev–Trinajstić information content (AvgIpc) is 2.30. The molecule has 4 nitrogen and oxygen atoms in total. The van der Waals surface area contributed by atoms with Crippen molar-refractivity contribution in [2.75, 3.05) is 27.7 Å². The van der Waals surface area contributed by atoms with Crippen LogP contribution in [0.1, 0.15) is 6.92 Å². The van der Waals surface area contributed by atoms with Gasteiger partial charge < -0.3 is 9.80 Å². The molecule has 0 saturated heterocycles. The molecular weight excluding hydrogens is 166 g/mol. The van der Waals surface area contributed by atoms with Gasteiger partial charge in [-0.1, -0.05) is 0 Å². The van der Waals surface area contributed by atoms with Crippen LogP contribution in [0.5, 0.6) is 0 Å². The Kier molecular flexibility index (Phi) is 2.93. The maximum absolute atomic E-state index is 11.0. The van der Waals surface area contributed by atoms with Crippen LogP contribution in [0.4, 0.5) is 0 Å². The second kappa shape index (κ2) is 3.79. The smallest absolute Gasteiger partial charge is 0.159 e. The van der Waals surface area contributed by atoms with Crippen LogP contribution >= 0.6 is 0 Å². The monoisotopic (exact) mass is 183 g/mol. The van der Waals surface area contributed by atoms with Gasteiger partial charge in [0.2, 0.25) is 0 Å². The van der Waals surface area contributed by atoms with Gasteiger partial charge in [0.1, 0.15) is 5.78 Å². The zero-order valence-corrected chi connectivity index (χ0v) is 8.69. The molecule has 0 spiro atoms. The van der Waals surface area contributed by atoms with Crippen molar-refractivity contribution in [1.29, 1.82) is 0 Å². The second-order valence-corrected chi connectivity index (χ2v) is 3.65. The molecule has 0 aromatic heterocycles. The lowest BCUT2D eigenvalue weighted by atomic mass is 10.4. The molecule has 4 heteroatoms. The SMILES string of the molecule is CC(=O)CN1C=CN(C)C1N(C)C. The normalized spacial score (nSPS) is 21.8. The van der Waals surface area contributed by atoms with Crippen LogP contribution in [0, 0.1) is 0 Å². The topological polar surface area (TPSA) is 26.8 Å². The third kappa shape index (κ3) is 2.21. The van der Waals surface area contributed by atoms with E-state index in [1.54, 1.807) is 6.92 Å². The molecule has 74 valence electrons. The fraction of sp³-hybridized carbons (Fsp3) is 0.667. The average molecular weight is 183 g/mol. The van der Waals surface area contributed by atoms with Crippen LogP contribution in [0.15, 0.2) is 12.4 Å². The quantitative estimate of drug-likeness (QED) is 0.622. The number of rotatable bonds is 3. The lowest BCUT2D eigenvalue weighted by Gasteiger charge is -2.34. The van der Waals surface area contributed by atoms with Gasteiger partial charge in [-0.2, -0.15) is 0 Å². The van der Waals surface area contributed by atoms with E-state index in [0.29, 0.717) is 6.54 Å². The molecule has 0 aromatic carbocycles. The van der Waals surface area contributed by atoms with Crippen LogP contribution < -0.4 is 0 Å². The van der Waals surface area contributed by atoms with E-state index in [-0.39, 0.29) is 12.1 Å². The molecular formula is C9H17N3O. The van der Waals surface area contributed by atoms with Gasteiger partial charge in [-0.3, -0.25) is 9.69 Å². The summed E-state index contributed by atoms with van der Waals surface area (Å²) in [6.07, 6.45) is 4.10. The summed E-state index contributed by atoms with van der Waals surface area (Å²) in [5.74, 6) is 0.187. The third-order valence-corrected chi connectivity index (χ3v) is 2.02. The van der Waals surface area contributed by atoms with Crippen LogP contribution in [0.25, 0.3) is 0 Å². The van der Waals surface area contributed by atoms with Crippen LogP contribution in [0.3, 0.4) is 0 Å². The molecule has 0 aliphatic carbocycles. The Labute approximate surface area is 79.4 Å². The maximum atomic E-state index is 11.0. The number of carbonyl (C=O) groups is 1. The summed E-state index contributed by atoms with van der Waals surface area (Å²) in [7, 11) is 6.00. The minimum Gasteiger partial charge on any atom is -0.347 e. The Morgan fingerprint density at radius 2 is 2.08 bits per heavy atom. The molecule has 0 saturated carbocycles. The molecule has 1 rings (SSSR count). The van der Waals surface area contributed by atoms with Crippen LogP contribution in [-0.2, 0) is 4.79 Å². The number of hydrogen-bond acceptors (Lipinski definition) is 4. The first-order valence-corrected chi connectivity index (χ1v) is 4.34. The van der Waals surface area contributed by atoms with Gasteiger partial charge in [0.15, 0.2) is 6.29 Å². The van der Waals surface area contributed by atoms with Crippen molar-refractivity contribution in [3.8, 4) is 0 Å². The highest BCUT2D eigenvalue weighted by atomic mass is 16.1. The first-order chi connectivity index (χ1) is 6.02. The summed E-state index contributed by atoms with van der Waals surface area (Å²) in [5.41, 5.74) is 0. The molecule has 1 atom stereocenters. The van der Waals surface area contributed by atoms with E-state index in [9.17, 15) is 4.79 Å². The second-order valence-electron chi connectivity index (χ2n) is 3.65. The Balaban J connectivity index is 2.63. The molecule has 1 aliphatic heterocycles. The molecule has 0 bridgehead atoms. The molecule has 0 aromatic rings. The van der Waals surface area contributed by atoms with Crippen LogP contribution in [-0.4, -0.2) is 54.5 Å². The van der Waals surface area contributed by atoms with Crippen molar-refractivity contribution in [3.63, 3.8) is 0 Å². The Morgan fingerprint density at radius 1 is 1.46 bits per heavy atom. The first kappa shape index (κ1) is 10.1. The molecule has 1 aliphatic rings. The van der Waals surface area contributed by atoms with Crippen molar-refractivity contribution in [3.05, 3.63) is 12.4 Å². The van der Waals surface area contributed by atoms with Gasteiger partial charge in [0, 0.05) is 19.4 Å². The maximum Gasteiger partial charge on any atom is 0.159 e. The number of nitrogens with zero attached hydrogens (tertiary/aromatic N) is 3. The van der Waals surface area contributed by atoms with Crippen molar-refractivity contribution in [2.45, 2.75) is 13.2 Å². The summed E-state index contributed by atoms with van der Waals surface area (Å²) >= 11 is 0. The van der Waals surface area contributed by atoms with Crippen molar-refractivity contribution in [2.24, 2.45) is 0 Å². The lowest BCUT2D eigenvalue weighted by molar-refractivity contribution is -0.119. The summed E-state index contributed by atoms with van der Waals surface area (Å²) in [6, 6.07) is 0. The zero-order chi connectivity index (χ0) is 10.0. The number of carbonyl (C=O) groups excluding carboxylic acids is 1. The summed E-state index contributed by atoms with van der Waals surface area (Å²) < 4.78 is 0. The van der Waals surface area contributed by atoms with E-state index in [1.807, 2.05) is 38.4 Å². The highest BCUT2D eigenvalue weighted by molar-refractivity contribution is 5.77. The first-order valence-electron chi connectivity index (χ1n) is 4.34. The largest absolute Gasteiger partial charge is 0.347 e. The van der Waals surface area contributed by atoms with E-state index in [4.69, 9.17) is 0 Å². The van der Waals surface area contributed by atoms with Crippen LogP contribution in [0.2, 0.25) is 0 Å². The number of hydrogen-bond donors (Lipinski definition) is 0. The molecule has 0 N–H and O–H groups in total. The highest BCUT2D eigenvalue weighted by Gasteiger charge is 2.25. The highest BCUT2D eigenvalue weighted by Crippen LogP contribution is 2.14. The summed E-state index contributed by atoms with van der Waals surface area (Å²) in [4.78, 5) is 17.1. The Bertz CT molecular complexity index is 225. The van der Waals surface area contributed by atoms with E-state index in [2.05, 4.69) is 9.80 Å². The van der Waals surface area contributed by atoms with E-state index >= 15 is 0 Å². The Hall–Kier alpha value is -1.03. The van der Waals surface area contributed by atoms with E-state index in [0.717, 1.165) is 0 Å². The van der Waals surface area contributed by atoms with Crippen molar-refractivity contribution < 1.29 is 4.79 Å². The third-order valence-electron chi connectivity index (χ3n) is 2.02. The van der Waals surface area contributed by atoms with Gasteiger partial charge in [0.25, 0.3) is 0 Å². The molecule has 1 unspecified atom stereocenters. The number of ketones is 1. The standard InChI is InChI=1S/C9H17N3O/c1-8(13)7-12-6-5-11(4)9(12)10(2)3/h5-6,9H,7H2,1-4H3. The minimum atomic E-state index is 0.170. The zero-order valence-electron chi connectivity index (χ0n) is 8.69. The lowest BCUT2D eigenvalue weighted by Crippen LogP contribution is -2.48. The van der Waals surface area contributed by atoms with Gasteiger partial charge in [-0.25, -0.2) is 0 Å². The van der Waals surface area contributed by atoms with E-state index < -0.39 is 0 Å². The molecule has 0 radical (unpaired) electrons. The summed E-state index contributed by atoms with van der Waals surface area (Å²) in [5, 5.41) is 0. The molecule has 0 fully saturated rings. The fourth-order valence-electron chi connectivity index (χ4n) is 1.63. The predicted molar refractivity (Wildman–Crippen MR) is 51.8 cm³/mol. The molecule has 1 heterocycles. The van der Waals surface area contributed by atoms with Crippen molar-refractivity contribution >= 4 is 5.78 Å². The Morgan fingerprint density at radius 3 is 2.54 bits per heavy atom. The van der Waals surface area contributed by atoms with Crippen molar-refractivity contribution in [1.82, 2.24) is 14.7 Å². The van der Waals surface area contributed by atoms with E-state index in [1.165, 1.54) is 0 Å². The molecule has 13 heavy (non-hydrogen) atoms. The predicted octanol–water partition coefficient (Wildman–Crippen LogP) is 0.139. The van der Waals surface area contributed by atoms with Gasteiger partial charge in [0.05, 0.1) is 6.54 Å².